The van der Waals surface area contributed by atoms with E-state index in [1.807, 2.05) is 0 Å². The molecule has 0 N–H and O–H groups in total. The van der Waals surface area contributed by atoms with E-state index in [4.69, 9.17) is 0 Å². The van der Waals surface area contributed by atoms with Gasteiger partial charge >= 0.3 is 0 Å². The van der Waals surface area contributed by atoms with Crippen molar-refractivity contribution < 1.29 is 0 Å². The van der Waals surface area contributed by atoms with E-state index in [0.717, 1.165) is 5.92 Å². The van der Waals surface area contributed by atoms with Crippen LogP contribution in [-0.2, 0) is 6.42 Å². The van der Waals surface area contributed by atoms with E-state index in [0.29, 0.717) is 0 Å². The summed E-state index contributed by atoms with van der Waals surface area (Å²) in [5.74, 6) is 1.07. The minimum atomic E-state index is 1.07. The van der Waals surface area contributed by atoms with E-state index in [1.165, 1.54) is 49.7 Å². The summed E-state index contributed by atoms with van der Waals surface area (Å²) in [6.45, 7) is 2.18. The quantitative estimate of drug-likeness (QED) is 0.667. The predicted octanol–water partition coefficient (Wildman–Crippen LogP) is 4.12. The largest absolute Gasteiger partial charge is 0.0617 e. The maximum Gasteiger partial charge on any atom is -0.0279 e. The summed E-state index contributed by atoms with van der Waals surface area (Å²) in [5.41, 5.74) is 2.91. The number of hydrogen-bond acceptors (Lipinski definition) is 0. The Morgan fingerprint density at radius 1 is 1.29 bits per heavy atom. The first-order valence-electron chi connectivity index (χ1n) is 5.90. The van der Waals surface area contributed by atoms with Gasteiger partial charge in [0.1, 0.15) is 0 Å². The van der Waals surface area contributed by atoms with Crippen LogP contribution < -0.4 is 0 Å². The van der Waals surface area contributed by atoms with E-state index in [9.17, 15) is 0 Å². The molecule has 0 atom stereocenters. The highest BCUT2D eigenvalue weighted by atomic mass is 14.2. The summed E-state index contributed by atoms with van der Waals surface area (Å²) in [6.07, 6.45) is 8.58. The molecule has 0 radical (unpaired) electrons. The van der Waals surface area contributed by atoms with Gasteiger partial charge in [0.25, 0.3) is 0 Å². The standard InChI is InChI=1S/C14H20/c1-12-5-2-9-14(11-12)10-4-8-13-6-3-7-13/h2,5,9,11,13H,3-4,6-8,10H2,1H3. The van der Waals surface area contributed by atoms with Crippen molar-refractivity contribution in [3.63, 3.8) is 0 Å². The van der Waals surface area contributed by atoms with Gasteiger partial charge in [-0.1, -0.05) is 55.5 Å². The van der Waals surface area contributed by atoms with Crippen LogP contribution in [0, 0.1) is 12.8 Å². The van der Waals surface area contributed by atoms with Gasteiger partial charge in [-0.25, -0.2) is 0 Å². The Morgan fingerprint density at radius 3 is 2.79 bits per heavy atom. The fourth-order valence-electron chi connectivity index (χ4n) is 2.24. The lowest BCUT2D eigenvalue weighted by molar-refractivity contribution is 0.290. The molecule has 1 aliphatic carbocycles. The van der Waals surface area contributed by atoms with Crippen LogP contribution >= 0.6 is 0 Å². The minimum absolute atomic E-state index is 1.07. The lowest BCUT2D eigenvalue weighted by Crippen LogP contribution is -2.10. The highest BCUT2D eigenvalue weighted by Crippen LogP contribution is 2.30. The Bertz CT molecular complexity index is 284. The third-order valence-corrected chi connectivity index (χ3v) is 3.39. The smallest absolute Gasteiger partial charge is 0.0279 e. The molecule has 0 heterocycles. The van der Waals surface area contributed by atoms with Crippen LogP contribution in [0.2, 0.25) is 0 Å². The maximum atomic E-state index is 2.32. The van der Waals surface area contributed by atoms with Gasteiger partial charge in [0, 0.05) is 0 Å². The van der Waals surface area contributed by atoms with Crippen molar-refractivity contribution in [2.45, 2.75) is 45.4 Å². The van der Waals surface area contributed by atoms with E-state index in [1.54, 1.807) is 0 Å². The SMILES string of the molecule is Cc1cccc(CCCC2CCC2)c1. The molecule has 0 nitrogen and oxygen atoms in total. The highest BCUT2D eigenvalue weighted by Gasteiger charge is 2.16. The summed E-state index contributed by atoms with van der Waals surface area (Å²) < 4.78 is 0. The van der Waals surface area contributed by atoms with E-state index < -0.39 is 0 Å². The van der Waals surface area contributed by atoms with E-state index >= 15 is 0 Å². The van der Waals surface area contributed by atoms with Crippen LogP contribution in [-0.4, -0.2) is 0 Å². The zero-order valence-corrected chi connectivity index (χ0v) is 9.13. The molecule has 0 saturated heterocycles. The average Bonchev–Trinajstić information content (AvgIpc) is 2.09. The van der Waals surface area contributed by atoms with Gasteiger partial charge in [-0.15, -0.1) is 0 Å². The third-order valence-electron chi connectivity index (χ3n) is 3.39. The van der Waals surface area contributed by atoms with Gasteiger partial charge in [0.05, 0.1) is 0 Å². The molecule has 0 aliphatic heterocycles. The normalized spacial score (nSPS) is 16.6. The zero-order valence-electron chi connectivity index (χ0n) is 9.13. The molecule has 0 aromatic heterocycles. The molecule has 2 rings (SSSR count). The van der Waals surface area contributed by atoms with Crippen LogP contribution in [0.5, 0.6) is 0 Å². The molecular weight excluding hydrogens is 168 g/mol. The van der Waals surface area contributed by atoms with Crippen LogP contribution in [0.4, 0.5) is 0 Å². The third kappa shape index (κ3) is 2.60. The first kappa shape index (κ1) is 9.76. The van der Waals surface area contributed by atoms with Crippen molar-refractivity contribution >= 4 is 0 Å². The molecule has 14 heavy (non-hydrogen) atoms. The van der Waals surface area contributed by atoms with E-state index in [-0.39, 0.29) is 0 Å². The highest BCUT2D eigenvalue weighted by molar-refractivity contribution is 5.22. The Morgan fingerprint density at radius 2 is 2.14 bits per heavy atom. The second-order valence-electron chi connectivity index (χ2n) is 4.68. The molecule has 76 valence electrons. The molecule has 0 heteroatoms. The molecule has 1 aromatic carbocycles. The molecule has 1 aliphatic rings. The Hall–Kier alpha value is -0.780. The van der Waals surface area contributed by atoms with Gasteiger partial charge in [0.2, 0.25) is 0 Å². The van der Waals surface area contributed by atoms with Crippen LogP contribution in [0.15, 0.2) is 24.3 Å². The topological polar surface area (TPSA) is 0 Å². The Balaban J connectivity index is 1.74. The van der Waals surface area contributed by atoms with Crippen molar-refractivity contribution in [1.29, 1.82) is 0 Å². The number of benzene rings is 1. The van der Waals surface area contributed by atoms with Crippen molar-refractivity contribution in [3.8, 4) is 0 Å². The predicted molar refractivity (Wildman–Crippen MR) is 61.5 cm³/mol. The van der Waals surface area contributed by atoms with Crippen molar-refractivity contribution in [1.82, 2.24) is 0 Å². The second-order valence-corrected chi connectivity index (χ2v) is 4.68. The second kappa shape index (κ2) is 4.63. The molecule has 0 amide bonds. The van der Waals surface area contributed by atoms with Crippen LogP contribution in [0.1, 0.15) is 43.2 Å². The fourth-order valence-corrected chi connectivity index (χ4v) is 2.24. The summed E-state index contributed by atoms with van der Waals surface area (Å²) in [6, 6.07) is 8.93. The number of aryl methyl sites for hydroxylation is 2. The van der Waals surface area contributed by atoms with Crippen molar-refractivity contribution in [2.24, 2.45) is 5.92 Å². The molecule has 1 saturated carbocycles. The minimum Gasteiger partial charge on any atom is -0.0617 e. The van der Waals surface area contributed by atoms with Crippen LogP contribution in [0.3, 0.4) is 0 Å². The summed E-state index contributed by atoms with van der Waals surface area (Å²) >= 11 is 0. The Kier molecular flexibility index (Phi) is 3.23. The monoisotopic (exact) mass is 188 g/mol. The van der Waals surface area contributed by atoms with Crippen molar-refractivity contribution in [2.75, 3.05) is 0 Å². The molecule has 1 aromatic rings. The van der Waals surface area contributed by atoms with Crippen LogP contribution in [0.25, 0.3) is 0 Å². The lowest BCUT2D eigenvalue weighted by atomic mass is 9.81. The Labute approximate surface area is 87.3 Å². The van der Waals surface area contributed by atoms with Gasteiger partial charge in [-0.05, 0) is 31.2 Å². The molecule has 0 unspecified atom stereocenters. The molecule has 0 bridgehead atoms. The molecule has 0 spiro atoms. The average molecular weight is 188 g/mol. The summed E-state index contributed by atoms with van der Waals surface area (Å²) in [7, 11) is 0. The number of rotatable bonds is 4. The van der Waals surface area contributed by atoms with Gasteiger partial charge < -0.3 is 0 Å². The molecular formula is C14H20. The number of hydrogen-bond donors (Lipinski definition) is 0. The zero-order chi connectivity index (χ0) is 9.80. The summed E-state index contributed by atoms with van der Waals surface area (Å²) in [4.78, 5) is 0. The van der Waals surface area contributed by atoms with Gasteiger partial charge in [-0.3, -0.25) is 0 Å². The molecule has 1 fully saturated rings. The first-order valence-corrected chi connectivity index (χ1v) is 5.90. The summed E-state index contributed by atoms with van der Waals surface area (Å²) in [5, 5.41) is 0. The van der Waals surface area contributed by atoms with E-state index in [2.05, 4.69) is 31.2 Å². The first-order chi connectivity index (χ1) is 6.84. The van der Waals surface area contributed by atoms with Gasteiger partial charge in [0.15, 0.2) is 0 Å². The maximum absolute atomic E-state index is 2.32. The fraction of sp³-hybridized carbons (Fsp3) is 0.571. The lowest BCUT2D eigenvalue weighted by Gasteiger charge is -2.25. The van der Waals surface area contributed by atoms with Gasteiger partial charge in [-0.2, -0.15) is 0 Å². The van der Waals surface area contributed by atoms with Crippen molar-refractivity contribution in [3.05, 3.63) is 35.4 Å².